The molecular formula is C21H34N4O3. The molecule has 3 aliphatic rings. The number of nitrogens with zero attached hydrogens (tertiary/aromatic N) is 4. The molecule has 2 saturated heterocycles. The highest BCUT2D eigenvalue weighted by Crippen LogP contribution is 2.42. The summed E-state index contributed by atoms with van der Waals surface area (Å²) in [6, 6.07) is 2.04. The van der Waals surface area contributed by atoms with Gasteiger partial charge in [0.1, 0.15) is 0 Å². The first-order chi connectivity index (χ1) is 13.6. The second kappa shape index (κ2) is 8.51. The first-order valence-electron chi connectivity index (χ1n) is 10.8. The number of methoxy groups -OCH3 is 1. The lowest BCUT2D eigenvalue weighted by molar-refractivity contribution is -0.173. The summed E-state index contributed by atoms with van der Waals surface area (Å²) < 4.78 is 13.5. The molecule has 0 N–H and O–H groups in total. The second-order valence-corrected chi connectivity index (χ2v) is 8.65. The van der Waals surface area contributed by atoms with Gasteiger partial charge in [-0.05, 0) is 24.8 Å². The molecule has 2 aliphatic heterocycles. The van der Waals surface area contributed by atoms with Crippen LogP contribution in [0.5, 0.6) is 0 Å². The fraction of sp³-hybridized carbons (Fsp3) is 0.810. The summed E-state index contributed by atoms with van der Waals surface area (Å²) in [4.78, 5) is 18.0. The van der Waals surface area contributed by atoms with Gasteiger partial charge < -0.3 is 14.4 Å². The Bertz CT molecular complexity index is 672. The second-order valence-electron chi connectivity index (χ2n) is 8.65. The summed E-state index contributed by atoms with van der Waals surface area (Å²) in [5.41, 5.74) is 0.294. The molecule has 28 heavy (non-hydrogen) atoms. The van der Waals surface area contributed by atoms with Crippen molar-refractivity contribution in [3.63, 3.8) is 0 Å². The maximum Gasteiger partial charge on any atom is 0.257 e. The number of ether oxygens (including phenoxy) is 2. The topological polar surface area (TPSA) is 59.8 Å². The average molecular weight is 391 g/mol. The first kappa shape index (κ1) is 19.9. The molecule has 0 aromatic carbocycles. The molecule has 0 bridgehead atoms. The number of morpholine rings is 1. The summed E-state index contributed by atoms with van der Waals surface area (Å²) in [5.74, 6) is 0.883. The summed E-state index contributed by atoms with van der Waals surface area (Å²) in [7, 11) is 3.64. The van der Waals surface area contributed by atoms with E-state index in [1.807, 2.05) is 28.9 Å². The van der Waals surface area contributed by atoms with Crippen molar-refractivity contribution < 1.29 is 14.3 Å². The quantitative estimate of drug-likeness (QED) is 0.739. The highest BCUT2D eigenvalue weighted by Gasteiger charge is 2.57. The number of rotatable bonds is 6. The largest absolute Gasteiger partial charge is 0.383 e. The molecule has 7 nitrogen and oxygen atoms in total. The summed E-state index contributed by atoms with van der Waals surface area (Å²) in [6.07, 6.45) is 8.50. The van der Waals surface area contributed by atoms with Gasteiger partial charge in [-0.1, -0.05) is 19.3 Å². The van der Waals surface area contributed by atoms with E-state index in [1.54, 1.807) is 7.11 Å². The van der Waals surface area contributed by atoms with Crippen LogP contribution in [0.3, 0.4) is 0 Å². The van der Waals surface area contributed by atoms with Crippen LogP contribution in [0.2, 0.25) is 0 Å². The lowest BCUT2D eigenvalue weighted by atomic mass is 9.85. The van der Waals surface area contributed by atoms with Crippen LogP contribution in [0.1, 0.15) is 43.7 Å². The van der Waals surface area contributed by atoms with Crippen molar-refractivity contribution in [2.75, 3.05) is 53.0 Å². The van der Waals surface area contributed by atoms with Crippen LogP contribution < -0.4 is 0 Å². The third kappa shape index (κ3) is 3.72. The van der Waals surface area contributed by atoms with Gasteiger partial charge in [-0.15, -0.1) is 0 Å². The predicted octanol–water partition coefficient (Wildman–Crippen LogP) is 1.64. The molecule has 1 amide bonds. The van der Waals surface area contributed by atoms with Crippen LogP contribution in [0.15, 0.2) is 12.3 Å². The highest BCUT2D eigenvalue weighted by molar-refractivity contribution is 5.88. The van der Waals surface area contributed by atoms with E-state index in [4.69, 9.17) is 9.47 Å². The molecule has 7 heteroatoms. The van der Waals surface area contributed by atoms with Gasteiger partial charge in [0, 0.05) is 58.8 Å². The van der Waals surface area contributed by atoms with Crippen molar-refractivity contribution in [3.8, 4) is 0 Å². The number of aromatic nitrogens is 2. The summed E-state index contributed by atoms with van der Waals surface area (Å²) in [6.45, 7) is 5.03. The monoisotopic (exact) mass is 390 g/mol. The summed E-state index contributed by atoms with van der Waals surface area (Å²) in [5, 5.41) is 4.37. The zero-order chi connectivity index (χ0) is 19.6. The summed E-state index contributed by atoms with van der Waals surface area (Å²) >= 11 is 0. The Morgan fingerprint density at radius 2 is 2.14 bits per heavy atom. The molecule has 0 unspecified atom stereocenters. The van der Waals surface area contributed by atoms with Gasteiger partial charge in [-0.3, -0.25) is 14.4 Å². The standard InChI is InChI=1S/C21H34N4O3/c1-23-19(8-9-22-23)18-15-24(14-17-6-4-3-5-7-17)16-21(18)20(26)25(10-12-27-2)11-13-28-21/h8-9,17-18H,3-7,10-16H2,1-2H3/t18-,21-/m0/s1. The third-order valence-corrected chi connectivity index (χ3v) is 6.85. The number of hydrogen-bond donors (Lipinski definition) is 0. The molecule has 1 aliphatic carbocycles. The van der Waals surface area contributed by atoms with E-state index >= 15 is 0 Å². The molecule has 1 aromatic heterocycles. The number of carbonyl (C=O) groups is 1. The van der Waals surface area contributed by atoms with E-state index in [9.17, 15) is 4.79 Å². The molecule has 2 atom stereocenters. The zero-order valence-electron chi connectivity index (χ0n) is 17.3. The van der Waals surface area contributed by atoms with Gasteiger partial charge in [0.15, 0.2) is 5.60 Å². The molecule has 1 aromatic rings. The Morgan fingerprint density at radius 3 is 2.86 bits per heavy atom. The predicted molar refractivity (Wildman–Crippen MR) is 106 cm³/mol. The number of hydrogen-bond acceptors (Lipinski definition) is 5. The van der Waals surface area contributed by atoms with E-state index in [1.165, 1.54) is 32.1 Å². The first-order valence-corrected chi connectivity index (χ1v) is 10.8. The number of likely N-dealkylation sites (tertiary alicyclic amines) is 1. The van der Waals surface area contributed by atoms with Crippen molar-refractivity contribution in [2.24, 2.45) is 13.0 Å². The Hall–Kier alpha value is -1.44. The van der Waals surface area contributed by atoms with E-state index in [0.717, 1.165) is 24.7 Å². The maximum absolute atomic E-state index is 13.6. The van der Waals surface area contributed by atoms with Gasteiger partial charge in [0.25, 0.3) is 5.91 Å². The van der Waals surface area contributed by atoms with Crippen molar-refractivity contribution in [3.05, 3.63) is 18.0 Å². The Morgan fingerprint density at radius 1 is 1.32 bits per heavy atom. The van der Waals surface area contributed by atoms with Crippen LogP contribution in [-0.4, -0.2) is 84.1 Å². The van der Waals surface area contributed by atoms with E-state index < -0.39 is 5.60 Å². The SMILES string of the molecule is COCCN1CCO[C@]2(CN(CC3CCCCC3)C[C@H]2c2ccnn2C)C1=O. The number of amides is 1. The van der Waals surface area contributed by atoms with Crippen LogP contribution in [0, 0.1) is 5.92 Å². The van der Waals surface area contributed by atoms with Crippen LogP contribution >= 0.6 is 0 Å². The van der Waals surface area contributed by atoms with Gasteiger partial charge >= 0.3 is 0 Å². The number of aryl methyl sites for hydroxylation is 1. The minimum Gasteiger partial charge on any atom is -0.383 e. The molecule has 4 rings (SSSR count). The lowest BCUT2D eigenvalue weighted by Crippen LogP contribution is -2.60. The molecule has 156 valence electrons. The number of carbonyl (C=O) groups excluding carboxylic acids is 1. The van der Waals surface area contributed by atoms with Crippen LogP contribution in [-0.2, 0) is 21.3 Å². The smallest absolute Gasteiger partial charge is 0.257 e. The van der Waals surface area contributed by atoms with Crippen molar-refractivity contribution >= 4 is 5.91 Å². The van der Waals surface area contributed by atoms with Crippen molar-refractivity contribution in [1.29, 1.82) is 0 Å². The third-order valence-electron chi connectivity index (χ3n) is 6.85. The van der Waals surface area contributed by atoms with Crippen molar-refractivity contribution in [1.82, 2.24) is 19.6 Å². The minimum atomic E-state index is -0.797. The fourth-order valence-corrected chi connectivity index (χ4v) is 5.39. The lowest BCUT2D eigenvalue weighted by Gasteiger charge is -2.42. The zero-order valence-corrected chi connectivity index (χ0v) is 17.3. The van der Waals surface area contributed by atoms with Crippen LogP contribution in [0.25, 0.3) is 0 Å². The van der Waals surface area contributed by atoms with E-state index in [-0.39, 0.29) is 11.8 Å². The minimum absolute atomic E-state index is 0.0152. The van der Waals surface area contributed by atoms with E-state index in [2.05, 4.69) is 10.00 Å². The molecule has 3 heterocycles. The van der Waals surface area contributed by atoms with Gasteiger partial charge in [-0.25, -0.2) is 0 Å². The molecule has 0 radical (unpaired) electrons. The van der Waals surface area contributed by atoms with E-state index in [0.29, 0.717) is 32.8 Å². The molecule has 3 fully saturated rings. The highest BCUT2D eigenvalue weighted by atomic mass is 16.5. The van der Waals surface area contributed by atoms with Crippen LogP contribution in [0.4, 0.5) is 0 Å². The fourth-order valence-electron chi connectivity index (χ4n) is 5.39. The Balaban J connectivity index is 1.58. The molecular weight excluding hydrogens is 356 g/mol. The van der Waals surface area contributed by atoms with Gasteiger partial charge in [-0.2, -0.15) is 5.10 Å². The normalized spacial score (nSPS) is 29.9. The average Bonchev–Trinajstić information content (AvgIpc) is 3.27. The Kier molecular flexibility index (Phi) is 6.04. The molecule has 1 spiro atoms. The van der Waals surface area contributed by atoms with Gasteiger partial charge in [0.2, 0.25) is 0 Å². The van der Waals surface area contributed by atoms with Gasteiger partial charge in [0.05, 0.1) is 19.1 Å². The Labute approximate surface area is 167 Å². The van der Waals surface area contributed by atoms with Crippen molar-refractivity contribution in [2.45, 2.75) is 43.6 Å². The molecule has 1 saturated carbocycles. The maximum atomic E-state index is 13.6.